The van der Waals surface area contributed by atoms with Crippen molar-refractivity contribution in [2.24, 2.45) is 17.7 Å². The van der Waals surface area contributed by atoms with Gasteiger partial charge in [-0.25, -0.2) is 0 Å². The van der Waals surface area contributed by atoms with Crippen molar-refractivity contribution in [1.82, 2.24) is 5.43 Å². The van der Waals surface area contributed by atoms with E-state index in [0.29, 0.717) is 11.8 Å². The monoisotopic (exact) mass is 302 g/mol. The molecular formula is C15H21F3N2O. The molecule has 0 bridgehead atoms. The second kappa shape index (κ2) is 6.66. The highest BCUT2D eigenvalue weighted by Crippen LogP contribution is 2.40. The van der Waals surface area contributed by atoms with E-state index in [1.165, 1.54) is 12.1 Å². The molecule has 6 heteroatoms. The zero-order chi connectivity index (χ0) is 15.5. The van der Waals surface area contributed by atoms with E-state index in [9.17, 15) is 13.2 Å². The fraction of sp³-hybridized carbons (Fsp3) is 0.600. The van der Waals surface area contributed by atoms with Gasteiger partial charge in [-0.2, -0.15) is 0 Å². The third kappa shape index (κ3) is 4.35. The normalized spacial score (nSPS) is 24.0. The van der Waals surface area contributed by atoms with E-state index in [1.807, 2.05) is 0 Å². The Bertz CT molecular complexity index is 464. The molecular weight excluding hydrogens is 281 g/mol. The minimum atomic E-state index is -4.68. The van der Waals surface area contributed by atoms with Crippen LogP contribution in [0, 0.1) is 11.8 Å². The summed E-state index contributed by atoms with van der Waals surface area (Å²) in [6.07, 6.45) is -0.304. The first-order chi connectivity index (χ1) is 9.93. The second-order valence-electron chi connectivity index (χ2n) is 5.61. The summed E-state index contributed by atoms with van der Waals surface area (Å²) in [5, 5.41) is 0. The van der Waals surface area contributed by atoms with Crippen molar-refractivity contribution in [1.29, 1.82) is 0 Å². The largest absolute Gasteiger partial charge is 0.573 e. The van der Waals surface area contributed by atoms with Gasteiger partial charge in [0.15, 0.2) is 0 Å². The topological polar surface area (TPSA) is 47.3 Å². The lowest BCUT2D eigenvalue weighted by Gasteiger charge is -2.24. The van der Waals surface area contributed by atoms with Crippen molar-refractivity contribution >= 4 is 0 Å². The molecule has 0 aliphatic heterocycles. The molecule has 1 saturated carbocycles. The van der Waals surface area contributed by atoms with Gasteiger partial charge in [-0.05, 0) is 42.4 Å². The van der Waals surface area contributed by atoms with Crippen LogP contribution in [0.25, 0.3) is 0 Å². The van der Waals surface area contributed by atoms with Crippen molar-refractivity contribution in [3.63, 3.8) is 0 Å². The van der Waals surface area contributed by atoms with E-state index in [0.717, 1.165) is 31.2 Å². The number of alkyl halides is 3. The first-order valence-electron chi connectivity index (χ1n) is 7.24. The third-order valence-corrected chi connectivity index (χ3v) is 4.26. The summed E-state index contributed by atoms with van der Waals surface area (Å²) in [5.74, 6) is 6.46. The van der Waals surface area contributed by atoms with Gasteiger partial charge < -0.3 is 4.74 Å². The van der Waals surface area contributed by atoms with Crippen LogP contribution in [0.15, 0.2) is 24.3 Å². The Morgan fingerprint density at radius 3 is 2.71 bits per heavy atom. The molecule has 0 heterocycles. The van der Waals surface area contributed by atoms with Gasteiger partial charge in [-0.1, -0.05) is 31.9 Å². The summed E-state index contributed by atoms with van der Waals surface area (Å²) in [6, 6.07) is 5.92. The Balaban J connectivity index is 2.13. The minimum absolute atomic E-state index is 0.140. The SMILES string of the molecule is CCC1CCC(C(NN)c2cccc(OC(F)(F)F)c2)C1. The Morgan fingerprint density at radius 2 is 2.14 bits per heavy atom. The van der Waals surface area contributed by atoms with Gasteiger partial charge >= 0.3 is 6.36 Å². The zero-order valence-corrected chi connectivity index (χ0v) is 12.0. The molecule has 118 valence electrons. The van der Waals surface area contributed by atoms with Crippen molar-refractivity contribution in [2.45, 2.75) is 45.0 Å². The van der Waals surface area contributed by atoms with Crippen LogP contribution < -0.4 is 16.0 Å². The smallest absolute Gasteiger partial charge is 0.406 e. The average molecular weight is 302 g/mol. The van der Waals surface area contributed by atoms with Gasteiger partial charge in [-0.15, -0.1) is 13.2 Å². The molecule has 0 aromatic heterocycles. The van der Waals surface area contributed by atoms with Gasteiger partial charge in [0.25, 0.3) is 0 Å². The number of nitrogens with two attached hydrogens (primary N) is 1. The molecule has 3 atom stereocenters. The van der Waals surface area contributed by atoms with Crippen LogP contribution in [0.5, 0.6) is 5.75 Å². The van der Waals surface area contributed by atoms with E-state index in [-0.39, 0.29) is 11.8 Å². The van der Waals surface area contributed by atoms with Crippen molar-refractivity contribution in [3.8, 4) is 5.75 Å². The second-order valence-corrected chi connectivity index (χ2v) is 5.61. The molecule has 0 amide bonds. The molecule has 0 saturated heterocycles. The molecule has 3 nitrogen and oxygen atoms in total. The number of nitrogens with one attached hydrogen (secondary N) is 1. The number of halogens is 3. The Labute approximate surface area is 122 Å². The van der Waals surface area contributed by atoms with Gasteiger partial charge in [-0.3, -0.25) is 11.3 Å². The molecule has 1 aromatic rings. The Morgan fingerprint density at radius 1 is 1.38 bits per heavy atom. The van der Waals surface area contributed by atoms with Gasteiger partial charge in [0, 0.05) is 6.04 Å². The van der Waals surface area contributed by atoms with Crippen LogP contribution in [-0.2, 0) is 0 Å². The van der Waals surface area contributed by atoms with Gasteiger partial charge in [0.2, 0.25) is 0 Å². The quantitative estimate of drug-likeness (QED) is 0.640. The predicted molar refractivity (Wildman–Crippen MR) is 74.3 cm³/mol. The number of rotatable bonds is 5. The molecule has 3 unspecified atom stereocenters. The molecule has 1 aromatic carbocycles. The number of hydrazine groups is 1. The van der Waals surface area contributed by atoms with Crippen LogP contribution in [0.3, 0.4) is 0 Å². The van der Waals surface area contributed by atoms with E-state index < -0.39 is 6.36 Å². The molecule has 1 fully saturated rings. The van der Waals surface area contributed by atoms with Crippen molar-refractivity contribution in [3.05, 3.63) is 29.8 Å². The first kappa shape index (κ1) is 16.1. The van der Waals surface area contributed by atoms with Crippen LogP contribution >= 0.6 is 0 Å². The average Bonchev–Trinajstić information content (AvgIpc) is 2.87. The third-order valence-electron chi connectivity index (χ3n) is 4.26. The standard InChI is InChI=1S/C15H21F3N2O/c1-2-10-6-7-12(8-10)14(20-19)11-4-3-5-13(9-11)21-15(16,17)18/h3-5,9-10,12,14,20H,2,6-8,19H2,1H3. The Hall–Kier alpha value is -1.27. The highest BCUT2D eigenvalue weighted by molar-refractivity contribution is 5.31. The van der Waals surface area contributed by atoms with Crippen LogP contribution in [0.1, 0.15) is 44.2 Å². The molecule has 1 aliphatic rings. The van der Waals surface area contributed by atoms with Gasteiger partial charge in [0.05, 0.1) is 0 Å². The molecule has 3 N–H and O–H groups in total. The lowest BCUT2D eigenvalue weighted by molar-refractivity contribution is -0.274. The number of hydrogen-bond acceptors (Lipinski definition) is 3. The van der Waals surface area contributed by atoms with E-state index in [1.54, 1.807) is 12.1 Å². The summed E-state index contributed by atoms with van der Waals surface area (Å²) in [7, 11) is 0. The number of benzene rings is 1. The molecule has 0 radical (unpaired) electrons. The van der Waals surface area contributed by atoms with E-state index in [2.05, 4.69) is 17.1 Å². The maximum Gasteiger partial charge on any atom is 0.573 e. The van der Waals surface area contributed by atoms with Gasteiger partial charge in [0.1, 0.15) is 5.75 Å². The summed E-state index contributed by atoms with van der Waals surface area (Å²) in [4.78, 5) is 0. The maximum absolute atomic E-state index is 12.3. The summed E-state index contributed by atoms with van der Waals surface area (Å²) in [5.41, 5.74) is 3.50. The Kier molecular flexibility index (Phi) is 5.11. The fourth-order valence-corrected chi connectivity index (χ4v) is 3.20. The zero-order valence-electron chi connectivity index (χ0n) is 12.0. The van der Waals surface area contributed by atoms with Crippen molar-refractivity contribution in [2.75, 3.05) is 0 Å². The summed E-state index contributed by atoms with van der Waals surface area (Å²) < 4.78 is 40.8. The first-order valence-corrected chi connectivity index (χ1v) is 7.24. The fourth-order valence-electron chi connectivity index (χ4n) is 3.20. The minimum Gasteiger partial charge on any atom is -0.406 e. The number of ether oxygens (including phenoxy) is 1. The molecule has 1 aliphatic carbocycles. The lowest BCUT2D eigenvalue weighted by Crippen LogP contribution is -2.32. The number of hydrogen-bond donors (Lipinski definition) is 2. The van der Waals surface area contributed by atoms with Crippen LogP contribution in [0.2, 0.25) is 0 Å². The highest BCUT2D eigenvalue weighted by Gasteiger charge is 2.33. The van der Waals surface area contributed by atoms with E-state index >= 15 is 0 Å². The van der Waals surface area contributed by atoms with E-state index in [4.69, 9.17) is 5.84 Å². The molecule has 0 spiro atoms. The molecule has 2 rings (SSSR count). The highest BCUT2D eigenvalue weighted by atomic mass is 19.4. The summed E-state index contributed by atoms with van der Waals surface area (Å²) in [6.45, 7) is 2.16. The van der Waals surface area contributed by atoms with Crippen LogP contribution in [0.4, 0.5) is 13.2 Å². The summed E-state index contributed by atoms with van der Waals surface area (Å²) >= 11 is 0. The maximum atomic E-state index is 12.3. The predicted octanol–water partition coefficient (Wildman–Crippen LogP) is 3.92. The van der Waals surface area contributed by atoms with Crippen molar-refractivity contribution < 1.29 is 17.9 Å². The molecule has 21 heavy (non-hydrogen) atoms. The lowest BCUT2D eigenvalue weighted by atomic mass is 9.91. The van der Waals surface area contributed by atoms with Crippen LogP contribution in [-0.4, -0.2) is 6.36 Å².